The molecule has 0 aromatic heterocycles. The van der Waals surface area contributed by atoms with Crippen molar-refractivity contribution >= 4 is 5.91 Å². The van der Waals surface area contributed by atoms with Gasteiger partial charge in [-0.25, -0.2) is 0 Å². The van der Waals surface area contributed by atoms with E-state index in [0.29, 0.717) is 12.2 Å². The summed E-state index contributed by atoms with van der Waals surface area (Å²) < 4.78 is 0. The second-order valence-electron chi connectivity index (χ2n) is 1.87. The van der Waals surface area contributed by atoms with Crippen molar-refractivity contribution in [3.05, 3.63) is 12.2 Å². The fourth-order valence-corrected chi connectivity index (χ4v) is 0. The van der Waals surface area contributed by atoms with Gasteiger partial charge in [-0.05, 0) is 13.3 Å². The summed E-state index contributed by atoms with van der Waals surface area (Å²) in [5.41, 5.74) is 5.09. The topological polar surface area (TPSA) is 63.3 Å². The van der Waals surface area contributed by atoms with E-state index in [1.54, 1.807) is 6.92 Å². The van der Waals surface area contributed by atoms with E-state index in [0.717, 1.165) is 6.42 Å². The first kappa shape index (κ1) is 11.9. The monoisotopic (exact) mass is 145 g/mol. The normalized spacial score (nSPS) is 7.50. The van der Waals surface area contributed by atoms with Crippen LogP contribution in [0.1, 0.15) is 20.3 Å². The number of primary amides is 1. The van der Waals surface area contributed by atoms with E-state index in [1.807, 2.05) is 6.92 Å². The molecule has 0 heterocycles. The molecule has 0 aliphatic carbocycles. The van der Waals surface area contributed by atoms with Crippen LogP contribution in [0.15, 0.2) is 12.2 Å². The zero-order valence-corrected chi connectivity index (χ0v) is 6.55. The summed E-state index contributed by atoms with van der Waals surface area (Å²) in [4.78, 5) is 9.82. The molecule has 0 unspecified atom stereocenters. The van der Waals surface area contributed by atoms with Gasteiger partial charge in [0.05, 0.1) is 0 Å². The van der Waals surface area contributed by atoms with Crippen molar-refractivity contribution < 1.29 is 9.90 Å². The fraction of sp³-hybridized carbons (Fsp3) is 0.571. The Labute approximate surface area is 61.5 Å². The van der Waals surface area contributed by atoms with Crippen LogP contribution >= 0.6 is 0 Å². The predicted molar refractivity (Wildman–Crippen MR) is 41.4 cm³/mol. The van der Waals surface area contributed by atoms with Crippen LogP contribution in [-0.4, -0.2) is 17.6 Å². The van der Waals surface area contributed by atoms with Gasteiger partial charge in [-0.2, -0.15) is 0 Å². The van der Waals surface area contributed by atoms with E-state index in [9.17, 15) is 4.79 Å². The third-order valence-electron chi connectivity index (χ3n) is 0.644. The van der Waals surface area contributed by atoms with Crippen molar-refractivity contribution in [1.82, 2.24) is 0 Å². The third kappa shape index (κ3) is 15.7. The van der Waals surface area contributed by atoms with Crippen LogP contribution in [0.2, 0.25) is 0 Å². The maximum absolute atomic E-state index is 9.82. The summed E-state index contributed by atoms with van der Waals surface area (Å²) in [5.74, 6) is -0.435. The predicted octanol–water partition coefficient (Wildman–Crippen LogP) is 0.436. The van der Waals surface area contributed by atoms with Gasteiger partial charge in [0, 0.05) is 12.2 Å². The Balaban J connectivity index is 0. The number of carbonyl (C=O) groups is 1. The summed E-state index contributed by atoms with van der Waals surface area (Å²) >= 11 is 0. The molecule has 3 N–H and O–H groups in total. The molecule has 0 bridgehead atoms. The van der Waals surface area contributed by atoms with Crippen LogP contribution in [0, 0.1) is 0 Å². The highest BCUT2D eigenvalue weighted by Gasteiger charge is 1.86. The molecule has 0 fully saturated rings. The van der Waals surface area contributed by atoms with Crippen molar-refractivity contribution in [2.45, 2.75) is 20.3 Å². The van der Waals surface area contributed by atoms with Gasteiger partial charge in [0.2, 0.25) is 5.91 Å². The largest absolute Gasteiger partial charge is 0.396 e. The number of amides is 1. The third-order valence-corrected chi connectivity index (χ3v) is 0.644. The first-order valence-corrected chi connectivity index (χ1v) is 3.12. The molecule has 1 amide bonds. The fourth-order valence-electron chi connectivity index (χ4n) is 0. The summed E-state index contributed by atoms with van der Waals surface area (Å²) in [6.07, 6.45) is 0.875. The SMILES string of the molecule is C=C(C)C(N)=O.CCCO. The Morgan fingerprint density at radius 2 is 1.90 bits per heavy atom. The average Bonchev–Trinajstić information content (AvgIpc) is 1.89. The maximum Gasteiger partial charge on any atom is 0.243 e. The molecule has 0 saturated heterocycles. The molecule has 3 heteroatoms. The average molecular weight is 145 g/mol. The van der Waals surface area contributed by atoms with Crippen molar-refractivity contribution in [1.29, 1.82) is 0 Å². The molecule has 10 heavy (non-hydrogen) atoms. The Bertz CT molecular complexity index is 96.2. The molecule has 0 saturated carbocycles. The Morgan fingerprint density at radius 1 is 1.70 bits per heavy atom. The quantitative estimate of drug-likeness (QED) is 0.554. The smallest absolute Gasteiger partial charge is 0.243 e. The molecule has 0 aromatic rings. The molecule has 60 valence electrons. The van der Waals surface area contributed by atoms with Crippen LogP contribution in [0.4, 0.5) is 0 Å². The van der Waals surface area contributed by atoms with Crippen molar-refractivity contribution in [2.24, 2.45) is 5.73 Å². The first-order chi connectivity index (χ1) is 4.56. The lowest BCUT2D eigenvalue weighted by Crippen LogP contribution is -2.10. The number of aliphatic hydroxyl groups is 1. The molecule has 0 aromatic carbocycles. The number of rotatable bonds is 2. The summed E-state index contributed by atoms with van der Waals surface area (Å²) in [6.45, 7) is 7.10. The van der Waals surface area contributed by atoms with Crippen LogP contribution in [0.3, 0.4) is 0 Å². The lowest BCUT2D eigenvalue weighted by molar-refractivity contribution is -0.114. The molecule has 3 nitrogen and oxygen atoms in total. The van der Waals surface area contributed by atoms with E-state index < -0.39 is 5.91 Å². The Hall–Kier alpha value is -0.830. The van der Waals surface area contributed by atoms with E-state index in [4.69, 9.17) is 10.8 Å². The Kier molecular flexibility index (Phi) is 9.73. The highest BCUT2D eigenvalue weighted by Crippen LogP contribution is 1.78. The minimum Gasteiger partial charge on any atom is -0.396 e. The lowest BCUT2D eigenvalue weighted by Gasteiger charge is -1.81. The second kappa shape index (κ2) is 8.17. The van der Waals surface area contributed by atoms with Crippen molar-refractivity contribution in [3.63, 3.8) is 0 Å². The molecule has 0 radical (unpaired) electrons. The second-order valence-corrected chi connectivity index (χ2v) is 1.87. The standard InChI is InChI=1S/C4H7NO.C3H8O/c1-3(2)4(5)6;1-2-3-4/h1H2,2H3,(H2,5,6);4H,2-3H2,1H3. The van der Waals surface area contributed by atoms with Crippen LogP contribution in [-0.2, 0) is 4.79 Å². The maximum atomic E-state index is 9.82. The van der Waals surface area contributed by atoms with Gasteiger partial charge in [0.25, 0.3) is 0 Å². The van der Waals surface area contributed by atoms with E-state index >= 15 is 0 Å². The van der Waals surface area contributed by atoms with Crippen LogP contribution in [0.5, 0.6) is 0 Å². The molecule has 0 aliphatic heterocycles. The van der Waals surface area contributed by atoms with E-state index in [1.165, 1.54) is 0 Å². The van der Waals surface area contributed by atoms with Crippen LogP contribution in [0.25, 0.3) is 0 Å². The van der Waals surface area contributed by atoms with Crippen LogP contribution < -0.4 is 5.73 Å². The summed E-state index contributed by atoms with van der Waals surface area (Å²) in [6, 6.07) is 0. The van der Waals surface area contributed by atoms with Crippen molar-refractivity contribution in [3.8, 4) is 0 Å². The molecule has 0 atom stereocenters. The zero-order chi connectivity index (χ0) is 8.57. The summed E-state index contributed by atoms with van der Waals surface area (Å²) in [5, 5.41) is 7.88. The molecular weight excluding hydrogens is 130 g/mol. The minimum absolute atomic E-state index is 0.319. The zero-order valence-electron chi connectivity index (χ0n) is 6.55. The number of hydrogen-bond acceptors (Lipinski definition) is 2. The van der Waals surface area contributed by atoms with Gasteiger partial charge in [-0.1, -0.05) is 13.5 Å². The van der Waals surface area contributed by atoms with E-state index in [2.05, 4.69) is 6.58 Å². The van der Waals surface area contributed by atoms with Gasteiger partial charge < -0.3 is 10.8 Å². The Morgan fingerprint density at radius 3 is 1.90 bits per heavy atom. The summed E-state index contributed by atoms with van der Waals surface area (Å²) in [7, 11) is 0. The number of aliphatic hydroxyl groups excluding tert-OH is 1. The van der Waals surface area contributed by atoms with Gasteiger partial charge in [-0.3, -0.25) is 4.79 Å². The van der Waals surface area contributed by atoms with Gasteiger partial charge in [0.15, 0.2) is 0 Å². The van der Waals surface area contributed by atoms with E-state index in [-0.39, 0.29) is 0 Å². The molecule has 0 rings (SSSR count). The minimum atomic E-state index is -0.435. The number of hydrogen-bond donors (Lipinski definition) is 2. The van der Waals surface area contributed by atoms with Gasteiger partial charge in [0.1, 0.15) is 0 Å². The van der Waals surface area contributed by atoms with Gasteiger partial charge >= 0.3 is 0 Å². The van der Waals surface area contributed by atoms with Gasteiger partial charge in [-0.15, -0.1) is 0 Å². The first-order valence-electron chi connectivity index (χ1n) is 3.12. The van der Waals surface area contributed by atoms with Crippen molar-refractivity contribution in [2.75, 3.05) is 6.61 Å². The highest BCUT2D eigenvalue weighted by molar-refractivity contribution is 5.90. The lowest BCUT2D eigenvalue weighted by atomic mass is 10.3. The molecule has 0 aliphatic rings. The highest BCUT2D eigenvalue weighted by atomic mass is 16.2. The number of nitrogens with two attached hydrogens (primary N) is 1. The number of carbonyl (C=O) groups excluding carboxylic acids is 1. The molecular formula is C7H15NO2. The molecule has 0 spiro atoms.